The standard InChI is InChI=1S/C12H23N3/c1-4-15-11(13)14-8-12(15)7-9(2)5-6-10(12)3/h9-10H,4-8H2,1-3H3,(H2,13,14). The van der Waals surface area contributed by atoms with Gasteiger partial charge in [-0.3, -0.25) is 4.99 Å². The van der Waals surface area contributed by atoms with Gasteiger partial charge in [0, 0.05) is 6.54 Å². The van der Waals surface area contributed by atoms with Crippen LogP contribution in [0.25, 0.3) is 0 Å². The number of rotatable bonds is 1. The molecule has 0 radical (unpaired) electrons. The van der Waals surface area contributed by atoms with E-state index < -0.39 is 0 Å². The highest BCUT2D eigenvalue weighted by molar-refractivity contribution is 5.81. The molecule has 86 valence electrons. The molecule has 1 heterocycles. The van der Waals surface area contributed by atoms with Gasteiger partial charge in [-0.05, 0) is 31.6 Å². The number of likely N-dealkylation sites (N-methyl/N-ethyl adjacent to an activating group) is 1. The van der Waals surface area contributed by atoms with Crippen LogP contribution in [-0.2, 0) is 0 Å². The second-order valence-electron chi connectivity index (χ2n) is 5.31. The summed E-state index contributed by atoms with van der Waals surface area (Å²) in [7, 11) is 0. The van der Waals surface area contributed by atoms with E-state index in [1.807, 2.05) is 0 Å². The van der Waals surface area contributed by atoms with Gasteiger partial charge in [0.25, 0.3) is 0 Å². The summed E-state index contributed by atoms with van der Waals surface area (Å²) in [6.45, 7) is 8.81. The third-order valence-corrected chi connectivity index (χ3v) is 4.36. The fraction of sp³-hybridized carbons (Fsp3) is 0.917. The fourth-order valence-electron chi connectivity index (χ4n) is 3.40. The first kappa shape index (κ1) is 10.8. The lowest BCUT2D eigenvalue weighted by Gasteiger charge is -2.48. The Kier molecular flexibility index (Phi) is 2.65. The van der Waals surface area contributed by atoms with Crippen LogP contribution in [0.2, 0.25) is 0 Å². The summed E-state index contributed by atoms with van der Waals surface area (Å²) in [6.07, 6.45) is 3.94. The highest BCUT2D eigenvalue weighted by Crippen LogP contribution is 2.43. The first-order valence-corrected chi connectivity index (χ1v) is 6.17. The zero-order valence-electron chi connectivity index (χ0n) is 10.2. The van der Waals surface area contributed by atoms with Crippen LogP contribution in [0.4, 0.5) is 0 Å². The SMILES string of the molecule is CCN1C(N)=NCC12CC(C)CCC2C. The van der Waals surface area contributed by atoms with Crippen molar-refractivity contribution < 1.29 is 0 Å². The van der Waals surface area contributed by atoms with Crippen LogP contribution in [0, 0.1) is 11.8 Å². The van der Waals surface area contributed by atoms with Crippen LogP contribution in [-0.4, -0.2) is 29.5 Å². The Hall–Kier alpha value is -0.730. The molecule has 2 N–H and O–H groups in total. The maximum absolute atomic E-state index is 5.98. The molecule has 3 heteroatoms. The molecule has 1 fully saturated rings. The molecule has 1 aliphatic heterocycles. The molecule has 1 aliphatic carbocycles. The Balaban J connectivity index is 2.24. The second kappa shape index (κ2) is 3.69. The molecule has 1 spiro atoms. The summed E-state index contributed by atoms with van der Waals surface area (Å²) in [5, 5.41) is 0. The van der Waals surface area contributed by atoms with Crippen molar-refractivity contribution in [1.29, 1.82) is 0 Å². The topological polar surface area (TPSA) is 41.6 Å². The Morgan fingerprint density at radius 2 is 2.20 bits per heavy atom. The monoisotopic (exact) mass is 209 g/mol. The average molecular weight is 209 g/mol. The number of hydrogen-bond acceptors (Lipinski definition) is 3. The van der Waals surface area contributed by atoms with Gasteiger partial charge in [0.1, 0.15) is 0 Å². The molecule has 3 nitrogen and oxygen atoms in total. The van der Waals surface area contributed by atoms with Crippen molar-refractivity contribution in [1.82, 2.24) is 4.90 Å². The van der Waals surface area contributed by atoms with E-state index in [1.165, 1.54) is 19.3 Å². The maximum Gasteiger partial charge on any atom is 0.191 e. The smallest absolute Gasteiger partial charge is 0.191 e. The van der Waals surface area contributed by atoms with Gasteiger partial charge in [0.2, 0.25) is 0 Å². The minimum atomic E-state index is 0.247. The zero-order chi connectivity index (χ0) is 11.1. The van der Waals surface area contributed by atoms with Crippen molar-refractivity contribution in [2.45, 2.75) is 45.6 Å². The Bertz CT molecular complexity index is 274. The number of nitrogens with zero attached hydrogens (tertiary/aromatic N) is 2. The van der Waals surface area contributed by atoms with Gasteiger partial charge in [0.15, 0.2) is 5.96 Å². The van der Waals surface area contributed by atoms with E-state index in [0.717, 1.165) is 30.9 Å². The summed E-state index contributed by atoms with van der Waals surface area (Å²) in [4.78, 5) is 6.81. The van der Waals surface area contributed by atoms with E-state index in [-0.39, 0.29) is 5.54 Å². The van der Waals surface area contributed by atoms with Crippen molar-refractivity contribution in [2.24, 2.45) is 22.6 Å². The highest BCUT2D eigenvalue weighted by Gasteiger charge is 2.48. The third-order valence-electron chi connectivity index (χ3n) is 4.36. The quantitative estimate of drug-likeness (QED) is 0.716. The predicted molar refractivity (Wildman–Crippen MR) is 63.8 cm³/mol. The van der Waals surface area contributed by atoms with Crippen molar-refractivity contribution in [3.8, 4) is 0 Å². The zero-order valence-corrected chi connectivity index (χ0v) is 10.2. The summed E-state index contributed by atoms with van der Waals surface area (Å²) in [6, 6.07) is 0. The molecule has 1 saturated carbocycles. The van der Waals surface area contributed by atoms with Gasteiger partial charge < -0.3 is 10.6 Å². The molecule has 0 aromatic carbocycles. The summed E-state index contributed by atoms with van der Waals surface area (Å²) in [5.41, 5.74) is 6.23. The van der Waals surface area contributed by atoms with Crippen molar-refractivity contribution >= 4 is 5.96 Å². The Morgan fingerprint density at radius 1 is 1.47 bits per heavy atom. The molecule has 0 amide bonds. The van der Waals surface area contributed by atoms with Crippen LogP contribution in [0.5, 0.6) is 0 Å². The van der Waals surface area contributed by atoms with Crippen molar-refractivity contribution in [3.63, 3.8) is 0 Å². The number of hydrogen-bond donors (Lipinski definition) is 1. The average Bonchev–Trinajstić information content (AvgIpc) is 2.51. The lowest BCUT2D eigenvalue weighted by atomic mass is 9.69. The van der Waals surface area contributed by atoms with Gasteiger partial charge in [-0.1, -0.05) is 20.3 Å². The van der Waals surface area contributed by atoms with Crippen LogP contribution >= 0.6 is 0 Å². The lowest BCUT2D eigenvalue weighted by molar-refractivity contribution is 0.0615. The predicted octanol–water partition coefficient (Wildman–Crippen LogP) is 1.83. The maximum atomic E-state index is 5.98. The van der Waals surface area contributed by atoms with Crippen LogP contribution < -0.4 is 5.73 Å². The number of nitrogens with two attached hydrogens (primary N) is 1. The van der Waals surface area contributed by atoms with Crippen molar-refractivity contribution in [3.05, 3.63) is 0 Å². The van der Waals surface area contributed by atoms with E-state index in [4.69, 9.17) is 5.73 Å². The Labute approximate surface area is 92.7 Å². The van der Waals surface area contributed by atoms with E-state index in [2.05, 4.69) is 30.7 Å². The van der Waals surface area contributed by atoms with Crippen LogP contribution in [0.15, 0.2) is 4.99 Å². The number of aliphatic imine (C=N–C) groups is 1. The fourth-order valence-corrected chi connectivity index (χ4v) is 3.40. The molecule has 0 aromatic heterocycles. The van der Waals surface area contributed by atoms with Crippen molar-refractivity contribution in [2.75, 3.05) is 13.1 Å². The summed E-state index contributed by atoms with van der Waals surface area (Å²) in [5.74, 6) is 2.30. The molecule has 3 atom stereocenters. The first-order valence-electron chi connectivity index (χ1n) is 6.17. The molecular formula is C12H23N3. The molecule has 2 rings (SSSR count). The molecular weight excluding hydrogens is 186 g/mol. The summed E-state index contributed by atoms with van der Waals surface area (Å²) >= 11 is 0. The first-order chi connectivity index (χ1) is 7.10. The molecule has 0 aromatic rings. The van der Waals surface area contributed by atoms with Crippen LogP contribution in [0.3, 0.4) is 0 Å². The molecule has 0 bridgehead atoms. The molecule has 0 saturated heterocycles. The largest absolute Gasteiger partial charge is 0.370 e. The van der Waals surface area contributed by atoms with Crippen LogP contribution in [0.1, 0.15) is 40.0 Å². The Morgan fingerprint density at radius 3 is 2.87 bits per heavy atom. The normalized spacial score (nSPS) is 41.0. The van der Waals surface area contributed by atoms with Gasteiger partial charge in [-0.25, -0.2) is 0 Å². The van der Waals surface area contributed by atoms with Gasteiger partial charge >= 0.3 is 0 Å². The van der Waals surface area contributed by atoms with Gasteiger partial charge in [-0.15, -0.1) is 0 Å². The molecule has 3 unspecified atom stereocenters. The second-order valence-corrected chi connectivity index (χ2v) is 5.31. The number of guanidine groups is 1. The van der Waals surface area contributed by atoms with E-state index in [1.54, 1.807) is 0 Å². The van der Waals surface area contributed by atoms with E-state index in [0.29, 0.717) is 0 Å². The minimum absolute atomic E-state index is 0.247. The van der Waals surface area contributed by atoms with E-state index >= 15 is 0 Å². The lowest BCUT2D eigenvalue weighted by Crippen LogP contribution is -2.57. The van der Waals surface area contributed by atoms with Gasteiger partial charge in [-0.2, -0.15) is 0 Å². The summed E-state index contributed by atoms with van der Waals surface area (Å²) < 4.78 is 0. The molecule has 2 aliphatic rings. The highest BCUT2D eigenvalue weighted by atomic mass is 15.4. The van der Waals surface area contributed by atoms with E-state index in [9.17, 15) is 0 Å². The molecule has 15 heavy (non-hydrogen) atoms. The minimum Gasteiger partial charge on any atom is -0.370 e. The van der Waals surface area contributed by atoms with Gasteiger partial charge in [0.05, 0.1) is 12.1 Å². The third kappa shape index (κ3) is 1.52.